The first-order chi connectivity index (χ1) is 17.1. The molecule has 0 atom stereocenters. The van der Waals surface area contributed by atoms with Gasteiger partial charge in [0.25, 0.3) is 18.1 Å². The lowest BCUT2D eigenvalue weighted by Crippen LogP contribution is -1.92. The lowest BCUT2D eigenvalue weighted by Gasteiger charge is -2.03. The van der Waals surface area contributed by atoms with Gasteiger partial charge in [0.05, 0.1) is 0 Å². The van der Waals surface area contributed by atoms with Gasteiger partial charge < -0.3 is 18.9 Å². The highest BCUT2D eigenvalue weighted by Gasteiger charge is 2.22. The number of benzene rings is 2. The van der Waals surface area contributed by atoms with Gasteiger partial charge >= 0.3 is 0 Å². The molecular formula is C22H14Cl2O8S4. The molecule has 0 aliphatic carbocycles. The average Bonchev–Trinajstić information content (AvgIpc) is 3.62. The van der Waals surface area contributed by atoms with Crippen molar-refractivity contribution < 1.29 is 35.8 Å². The van der Waals surface area contributed by atoms with Crippen LogP contribution in [-0.2, 0) is 18.1 Å². The summed E-state index contributed by atoms with van der Waals surface area (Å²) in [5.41, 5.74) is 2.63. The molecule has 0 bridgehead atoms. The van der Waals surface area contributed by atoms with Crippen molar-refractivity contribution in [2.75, 3.05) is 13.6 Å². The van der Waals surface area contributed by atoms with Crippen LogP contribution in [0.4, 0.5) is 0 Å². The fraction of sp³-hybridized carbons (Fsp3) is 0.0909. The molecule has 4 heterocycles. The predicted octanol–water partition coefficient (Wildman–Crippen LogP) is 6.14. The van der Waals surface area contributed by atoms with Crippen LogP contribution in [0, 0.1) is 0 Å². The van der Waals surface area contributed by atoms with Crippen LogP contribution in [-0.4, -0.2) is 30.4 Å². The van der Waals surface area contributed by atoms with Crippen molar-refractivity contribution in [3.8, 4) is 45.3 Å². The first-order valence-electron chi connectivity index (χ1n) is 9.95. The average molecular weight is 606 g/mol. The summed E-state index contributed by atoms with van der Waals surface area (Å²) >= 11 is 2.19. The number of fused-ring (bicyclic) bond motifs is 2. The zero-order valence-corrected chi connectivity index (χ0v) is 22.6. The smallest absolute Gasteiger partial charge is 0.271 e. The fourth-order valence-electron chi connectivity index (χ4n) is 3.52. The number of thiophene rings is 2. The maximum absolute atomic E-state index is 11.4. The quantitative estimate of drug-likeness (QED) is 0.256. The van der Waals surface area contributed by atoms with Crippen molar-refractivity contribution in [1.29, 1.82) is 0 Å². The number of rotatable bonds is 4. The molecular weight excluding hydrogens is 591 g/mol. The highest BCUT2D eigenvalue weighted by atomic mass is 35.7. The van der Waals surface area contributed by atoms with Gasteiger partial charge in [0.2, 0.25) is 13.6 Å². The highest BCUT2D eigenvalue weighted by Crippen LogP contribution is 2.41. The molecule has 4 aromatic rings. The molecule has 2 aliphatic heterocycles. The van der Waals surface area contributed by atoms with Crippen molar-refractivity contribution in [2.24, 2.45) is 0 Å². The predicted molar refractivity (Wildman–Crippen MR) is 138 cm³/mol. The minimum absolute atomic E-state index is 0.142. The topological polar surface area (TPSA) is 105 Å². The summed E-state index contributed by atoms with van der Waals surface area (Å²) in [6.45, 7) is 0.367. The monoisotopic (exact) mass is 604 g/mol. The van der Waals surface area contributed by atoms with E-state index < -0.39 is 18.1 Å². The molecule has 36 heavy (non-hydrogen) atoms. The number of ether oxygens (including phenoxy) is 4. The van der Waals surface area contributed by atoms with Crippen molar-refractivity contribution in [3.05, 3.63) is 59.3 Å². The molecule has 8 nitrogen and oxygen atoms in total. The van der Waals surface area contributed by atoms with E-state index in [0.29, 0.717) is 34.1 Å². The molecule has 0 N–H and O–H groups in total. The normalized spacial score (nSPS) is 13.8. The summed E-state index contributed by atoms with van der Waals surface area (Å²) < 4.78 is 67.0. The van der Waals surface area contributed by atoms with E-state index in [1.165, 1.54) is 0 Å². The molecule has 2 aromatic heterocycles. The van der Waals surface area contributed by atoms with E-state index in [0.717, 1.165) is 33.8 Å². The molecule has 0 amide bonds. The first-order valence-corrected chi connectivity index (χ1v) is 16.3. The Morgan fingerprint density at radius 2 is 0.972 bits per heavy atom. The van der Waals surface area contributed by atoms with E-state index >= 15 is 0 Å². The second-order valence-corrected chi connectivity index (χ2v) is 14.6. The minimum Gasteiger partial charge on any atom is -0.454 e. The Hall–Kier alpha value is -2.48. The molecule has 0 fully saturated rings. The summed E-state index contributed by atoms with van der Waals surface area (Å²) in [7, 11) is 3.33. The van der Waals surface area contributed by atoms with Crippen molar-refractivity contribution >= 4 is 62.1 Å². The van der Waals surface area contributed by atoms with Gasteiger partial charge in [-0.15, -0.1) is 22.7 Å². The molecule has 188 valence electrons. The lowest BCUT2D eigenvalue weighted by molar-refractivity contribution is 0.173. The summed E-state index contributed by atoms with van der Waals surface area (Å²) in [5, 5.41) is 3.38. The van der Waals surface area contributed by atoms with Gasteiger partial charge in [-0.2, -0.15) is 0 Å². The Morgan fingerprint density at radius 3 is 1.36 bits per heavy atom. The molecule has 2 aliphatic rings. The first kappa shape index (κ1) is 25.2. The van der Waals surface area contributed by atoms with Gasteiger partial charge in [-0.3, -0.25) is 0 Å². The van der Waals surface area contributed by atoms with Gasteiger partial charge in [-0.25, -0.2) is 16.8 Å². The van der Waals surface area contributed by atoms with E-state index in [-0.39, 0.29) is 22.0 Å². The van der Waals surface area contributed by atoms with Crippen molar-refractivity contribution in [2.45, 2.75) is 8.42 Å². The van der Waals surface area contributed by atoms with Crippen LogP contribution < -0.4 is 18.9 Å². The molecule has 0 saturated carbocycles. The zero-order valence-electron chi connectivity index (χ0n) is 17.8. The Balaban J connectivity index is 0.000000148. The Morgan fingerprint density at radius 1 is 0.583 bits per heavy atom. The second kappa shape index (κ2) is 9.77. The third-order valence-electron chi connectivity index (χ3n) is 5.07. The van der Waals surface area contributed by atoms with E-state index in [1.54, 1.807) is 59.3 Å². The Kier molecular flexibility index (Phi) is 6.83. The lowest BCUT2D eigenvalue weighted by atomic mass is 10.1. The molecule has 6 rings (SSSR count). The fourth-order valence-corrected chi connectivity index (χ4v) is 8.11. The van der Waals surface area contributed by atoms with Crippen LogP contribution in [0.1, 0.15) is 0 Å². The van der Waals surface area contributed by atoms with Crippen LogP contribution in [0.25, 0.3) is 22.3 Å². The van der Waals surface area contributed by atoms with Gasteiger partial charge in [0.15, 0.2) is 23.0 Å². The summed E-state index contributed by atoms with van der Waals surface area (Å²) in [4.78, 5) is 0. The van der Waals surface area contributed by atoms with Crippen molar-refractivity contribution in [3.63, 3.8) is 0 Å². The second-order valence-electron chi connectivity index (χ2n) is 7.26. The summed E-state index contributed by atoms with van der Waals surface area (Å²) in [5.74, 6) is 2.53. The van der Waals surface area contributed by atoms with Gasteiger partial charge in [-0.05, 0) is 58.3 Å². The van der Waals surface area contributed by atoms with Crippen LogP contribution >= 0.6 is 44.0 Å². The van der Waals surface area contributed by atoms with Crippen LogP contribution in [0.2, 0.25) is 0 Å². The molecule has 0 radical (unpaired) electrons. The summed E-state index contributed by atoms with van der Waals surface area (Å²) in [6, 6.07) is 14.0. The standard InChI is InChI=1S/2C11H7ClO4S2/c2*12-18(13,14)11-8(3-4-17-11)7-1-2-9-10(5-7)16-6-15-9/h2*1-5H,6H2. The molecule has 0 spiro atoms. The van der Waals surface area contributed by atoms with Gasteiger partial charge in [0, 0.05) is 32.5 Å². The van der Waals surface area contributed by atoms with Crippen LogP contribution in [0.15, 0.2) is 67.7 Å². The Bertz CT molecular complexity index is 1530. The van der Waals surface area contributed by atoms with E-state index in [4.69, 9.17) is 40.3 Å². The van der Waals surface area contributed by atoms with Crippen LogP contribution in [0.3, 0.4) is 0 Å². The molecule has 0 saturated heterocycles. The minimum atomic E-state index is -3.73. The number of hydrogen-bond donors (Lipinski definition) is 0. The largest absolute Gasteiger partial charge is 0.454 e. The number of hydrogen-bond acceptors (Lipinski definition) is 10. The van der Waals surface area contributed by atoms with E-state index in [1.807, 2.05) is 0 Å². The van der Waals surface area contributed by atoms with Gasteiger partial charge in [0.1, 0.15) is 8.42 Å². The van der Waals surface area contributed by atoms with Crippen molar-refractivity contribution in [1.82, 2.24) is 0 Å². The maximum atomic E-state index is 11.4. The SMILES string of the molecule is O=S(=O)(Cl)c1sccc1-c1ccc2c(c1)OCO2.O=S(=O)(Cl)c1sccc1-c1ccc2c(c1)OCO2. The molecule has 0 unspecified atom stereocenters. The number of halogens is 2. The van der Waals surface area contributed by atoms with E-state index in [2.05, 4.69) is 0 Å². The summed E-state index contributed by atoms with van der Waals surface area (Å²) in [6.07, 6.45) is 0. The molecule has 2 aromatic carbocycles. The zero-order chi connectivity index (χ0) is 25.5. The van der Waals surface area contributed by atoms with Crippen LogP contribution in [0.5, 0.6) is 23.0 Å². The maximum Gasteiger partial charge on any atom is 0.271 e. The van der Waals surface area contributed by atoms with E-state index in [9.17, 15) is 16.8 Å². The highest BCUT2D eigenvalue weighted by molar-refractivity contribution is 8.15. The Labute approximate surface area is 223 Å². The van der Waals surface area contributed by atoms with Gasteiger partial charge in [-0.1, -0.05) is 12.1 Å². The third-order valence-corrected chi connectivity index (χ3v) is 11.2. The molecule has 14 heteroatoms. The third kappa shape index (κ3) is 5.15.